The first-order valence-electron chi connectivity index (χ1n) is 6.02. The summed E-state index contributed by atoms with van der Waals surface area (Å²) in [5.74, 6) is 0.414. The van der Waals surface area contributed by atoms with Crippen molar-refractivity contribution in [3.05, 3.63) is 29.3 Å². The highest BCUT2D eigenvalue weighted by atomic mass is 16.2. The van der Waals surface area contributed by atoms with Gasteiger partial charge in [-0.1, -0.05) is 18.6 Å². The van der Waals surface area contributed by atoms with Crippen molar-refractivity contribution in [3.63, 3.8) is 0 Å². The maximum absolute atomic E-state index is 12.3. The lowest BCUT2D eigenvalue weighted by Gasteiger charge is -2.24. The molecule has 2 rings (SSSR count). The van der Waals surface area contributed by atoms with Gasteiger partial charge in [-0.3, -0.25) is 9.79 Å². The molecule has 1 unspecified atom stereocenters. The molecule has 0 N–H and O–H groups in total. The second kappa shape index (κ2) is 4.70. The molecule has 0 aliphatic carbocycles. The van der Waals surface area contributed by atoms with Crippen LogP contribution in [0.15, 0.2) is 23.2 Å². The Balaban J connectivity index is 2.49. The number of carbonyl (C=O) groups excluding carboxylic acids is 1. The SMILES string of the molecule is CCC1C=Nc2ccc(C)cc2C(=O)N(C)C1. The lowest BCUT2D eigenvalue weighted by Crippen LogP contribution is -2.33. The van der Waals surface area contributed by atoms with Gasteiger partial charge in [-0.25, -0.2) is 0 Å². The Hall–Kier alpha value is -1.64. The molecule has 0 saturated carbocycles. The standard InChI is InChI=1S/C14H18N2O/c1-4-11-8-15-13-6-5-10(2)7-12(13)14(17)16(3)9-11/h5-8,11H,4,9H2,1-3H3. The number of carbonyl (C=O) groups is 1. The minimum atomic E-state index is 0.0685. The van der Waals surface area contributed by atoms with Gasteiger partial charge in [-0.2, -0.15) is 0 Å². The summed E-state index contributed by atoms with van der Waals surface area (Å²) in [4.78, 5) is 18.5. The minimum absolute atomic E-state index is 0.0685. The van der Waals surface area contributed by atoms with E-state index < -0.39 is 0 Å². The second-order valence-corrected chi connectivity index (χ2v) is 4.65. The molecular weight excluding hydrogens is 212 g/mol. The van der Waals surface area contributed by atoms with E-state index in [2.05, 4.69) is 11.9 Å². The van der Waals surface area contributed by atoms with Crippen LogP contribution < -0.4 is 0 Å². The van der Waals surface area contributed by atoms with E-state index in [1.807, 2.05) is 38.4 Å². The van der Waals surface area contributed by atoms with Crippen LogP contribution in [0, 0.1) is 12.8 Å². The van der Waals surface area contributed by atoms with Gasteiger partial charge >= 0.3 is 0 Å². The zero-order chi connectivity index (χ0) is 12.4. The highest BCUT2D eigenvalue weighted by molar-refractivity contribution is 6.00. The molecule has 0 spiro atoms. The molecule has 1 amide bonds. The quantitative estimate of drug-likeness (QED) is 0.730. The molecule has 0 radical (unpaired) electrons. The summed E-state index contributed by atoms with van der Waals surface area (Å²) in [6, 6.07) is 5.83. The third-order valence-electron chi connectivity index (χ3n) is 3.19. The molecule has 1 aliphatic heterocycles. The first-order chi connectivity index (χ1) is 8.11. The molecule has 3 nitrogen and oxygen atoms in total. The van der Waals surface area contributed by atoms with Gasteiger partial charge in [0.1, 0.15) is 0 Å². The molecular formula is C14H18N2O. The van der Waals surface area contributed by atoms with Gasteiger partial charge in [-0.05, 0) is 25.5 Å². The van der Waals surface area contributed by atoms with Crippen LogP contribution >= 0.6 is 0 Å². The maximum Gasteiger partial charge on any atom is 0.255 e. The van der Waals surface area contributed by atoms with Crippen molar-refractivity contribution < 1.29 is 4.79 Å². The molecule has 1 heterocycles. The van der Waals surface area contributed by atoms with Crippen LogP contribution in [0.5, 0.6) is 0 Å². The summed E-state index contributed by atoms with van der Waals surface area (Å²) in [5.41, 5.74) is 2.58. The van der Waals surface area contributed by atoms with Crippen molar-refractivity contribution in [2.45, 2.75) is 20.3 Å². The molecule has 17 heavy (non-hydrogen) atoms. The number of rotatable bonds is 1. The van der Waals surface area contributed by atoms with Crippen LogP contribution in [-0.2, 0) is 0 Å². The van der Waals surface area contributed by atoms with Crippen molar-refractivity contribution >= 4 is 17.8 Å². The van der Waals surface area contributed by atoms with Crippen LogP contribution in [0.25, 0.3) is 0 Å². The summed E-state index contributed by atoms with van der Waals surface area (Å²) in [6.07, 6.45) is 2.97. The van der Waals surface area contributed by atoms with E-state index in [0.29, 0.717) is 11.5 Å². The van der Waals surface area contributed by atoms with Crippen LogP contribution in [0.4, 0.5) is 5.69 Å². The Morgan fingerprint density at radius 3 is 2.94 bits per heavy atom. The van der Waals surface area contributed by atoms with E-state index >= 15 is 0 Å². The Labute approximate surface area is 102 Å². The molecule has 0 saturated heterocycles. The van der Waals surface area contributed by atoms with Gasteiger partial charge < -0.3 is 4.90 Å². The van der Waals surface area contributed by atoms with Gasteiger partial charge in [0.05, 0.1) is 11.3 Å². The Bertz CT molecular complexity index is 465. The number of nitrogens with zero attached hydrogens (tertiary/aromatic N) is 2. The number of aryl methyl sites for hydroxylation is 1. The Kier molecular flexibility index (Phi) is 3.27. The molecule has 90 valence electrons. The average molecular weight is 230 g/mol. The largest absolute Gasteiger partial charge is 0.341 e. The number of benzene rings is 1. The lowest BCUT2D eigenvalue weighted by molar-refractivity contribution is 0.0784. The molecule has 0 bridgehead atoms. The summed E-state index contributed by atoms with van der Waals surface area (Å²) in [5, 5.41) is 0. The molecule has 1 aliphatic rings. The fraction of sp³-hybridized carbons (Fsp3) is 0.429. The van der Waals surface area contributed by atoms with Gasteiger partial charge in [0.2, 0.25) is 0 Å². The topological polar surface area (TPSA) is 32.7 Å². The molecule has 1 aromatic rings. The van der Waals surface area contributed by atoms with Gasteiger partial charge in [0.25, 0.3) is 5.91 Å². The van der Waals surface area contributed by atoms with Crippen molar-refractivity contribution in [2.75, 3.05) is 13.6 Å². The smallest absolute Gasteiger partial charge is 0.255 e. The fourth-order valence-electron chi connectivity index (χ4n) is 2.04. The van der Waals surface area contributed by atoms with Gasteiger partial charge in [0.15, 0.2) is 0 Å². The summed E-state index contributed by atoms with van der Waals surface area (Å²) >= 11 is 0. The first kappa shape index (κ1) is 11.8. The van der Waals surface area contributed by atoms with Crippen molar-refractivity contribution in [3.8, 4) is 0 Å². The summed E-state index contributed by atoms with van der Waals surface area (Å²) in [7, 11) is 1.86. The Morgan fingerprint density at radius 2 is 2.24 bits per heavy atom. The zero-order valence-corrected chi connectivity index (χ0v) is 10.6. The number of amides is 1. The molecule has 0 aromatic heterocycles. The Morgan fingerprint density at radius 1 is 1.47 bits per heavy atom. The van der Waals surface area contributed by atoms with Crippen molar-refractivity contribution in [2.24, 2.45) is 10.9 Å². The monoisotopic (exact) mass is 230 g/mol. The fourth-order valence-corrected chi connectivity index (χ4v) is 2.04. The van der Waals surface area contributed by atoms with Crippen LogP contribution in [0.2, 0.25) is 0 Å². The number of aliphatic imine (C=N–C) groups is 1. The lowest BCUT2D eigenvalue weighted by atomic mass is 10.0. The normalized spacial score (nSPS) is 19.8. The van der Waals surface area contributed by atoms with Crippen LogP contribution in [-0.4, -0.2) is 30.6 Å². The van der Waals surface area contributed by atoms with Crippen molar-refractivity contribution in [1.82, 2.24) is 4.90 Å². The molecule has 3 heteroatoms. The maximum atomic E-state index is 12.3. The highest BCUT2D eigenvalue weighted by Gasteiger charge is 2.20. The average Bonchev–Trinajstić information content (AvgIpc) is 2.33. The predicted molar refractivity (Wildman–Crippen MR) is 70.1 cm³/mol. The number of hydrogen-bond acceptors (Lipinski definition) is 2. The molecule has 0 fully saturated rings. The van der Waals surface area contributed by atoms with Crippen molar-refractivity contribution in [1.29, 1.82) is 0 Å². The first-order valence-corrected chi connectivity index (χ1v) is 6.02. The predicted octanol–water partition coefficient (Wildman–Crippen LogP) is 2.81. The van der Waals surface area contributed by atoms with Crippen LogP contribution in [0.1, 0.15) is 29.3 Å². The third kappa shape index (κ3) is 2.38. The van der Waals surface area contributed by atoms with E-state index in [4.69, 9.17) is 0 Å². The number of hydrogen-bond donors (Lipinski definition) is 0. The highest BCUT2D eigenvalue weighted by Crippen LogP contribution is 2.24. The molecule has 1 atom stereocenters. The van der Waals surface area contributed by atoms with E-state index in [0.717, 1.165) is 24.2 Å². The van der Waals surface area contributed by atoms with E-state index in [-0.39, 0.29) is 5.91 Å². The van der Waals surface area contributed by atoms with Gasteiger partial charge in [-0.15, -0.1) is 0 Å². The zero-order valence-electron chi connectivity index (χ0n) is 10.6. The van der Waals surface area contributed by atoms with Crippen LogP contribution in [0.3, 0.4) is 0 Å². The number of fused-ring (bicyclic) bond motifs is 1. The molecule has 1 aromatic carbocycles. The summed E-state index contributed by atoms with van der Waals surface area (Å²) < 4.78 is 0. The summed E-state index contributed by atoms with van der Waals surface area (Å²) in [6.45, 7) is 4.85. The minimum Gasteiger partial charge on any atom is -0.341 e. The van der Waals surface area contributed by atoms with Gasteiger partial charge in [0, 0.05) is 25.7 Å². The van der Waals surface area contributed by atoms with E-state index in [9.17, 15) is 4.79 Å². The third-order valence-corrected chi connectivity index (χ3v) is 3.19. The van der Waals surface area contributed by atoms with E-state index in [1.165, 1.54) is 0 Å². The van der Waals surface area contributed by atoms with E-state index in [1.54, 1.807) is 4.90 Å². The second-order valence-electron chi connectivity index (χ2n) is 4.65.